The Hall–Kier alpha value is -3.33. The molecule has 0 spiro atoms. The van der Waals surface area contributed by atoms with E-state index in [9.17, 15) is 0 Å². The third kappa shape index (κ3) is 6.08. The first-order valence-electron chi connectivity index (χ1n) is 11.1. The van der Waals surface area contributed by atoms with Crippen molar-refractivity contribution in [1.29, 1.82) is 5.26 Å². The first kappa shape index (κ1) is 23.9. The van der Waals surface area contributed by atoms with Gasteiger partial charge in [0.25, 0.3) is 0 Å². The fraction of sp³-hybridized carbons (Fsp3) is 0.400. The number of nitrogens with zero attached hydrogens (tertiary/aromatic N) is 6. The molecule has 0 atom stereocenters. The molecule has 0 saturated carbocycles. The summed E-state index contributed by atoms with van der Waals surface area (Å²) in [5, 5.41) is 10.1. The number of pyridine rings is 1. The number of hydrogen-bond acceptors (Lipinski definition) is 5. The average Bonchev–Trinajstić information content (AvgIpc) is 3.15. The summed E-state index contributed by atoms with van der Waals surface area (Å²) in [6.07, 6.45) is 11.2. The SMILES string of the molecule is CC.CCCCCC.Cn1c(Cc2ccncn2)nc2cnc3ccc(C#N)cc3c21. The Labute approximate surface area is 185 Å². The lowest BCUT2D eigenvalue weighted by Gasteiger charge is -2.04. The van der Waals surface area contributed by atoms with E-state index < -0.39 is 0 Å². The van der Waals surface area contributed by atoms with Gasteiger partial charge in [0.15, 0.2) is 0 Å². The lowest BCUT2D eigenvalue weighted by atomic mass is 10.1. The van der Waals surface area contributed by atoms with Crippen molar-refractivity contribution >= 4 is 21.9 Å². The number of unbranched alkanes of at least 4 members (excludes halogenated alkanes) is 3. The summed E-state index contributed by atoms with van der Waals surface area (Å²) in [5.41, 5.74) is 4.18. The summed E-state index contributed by atoms with van der Waals surface area (Å²) in [6, 6.07) is 9.56. The molecule has 0 fully saturated rings. The minimum atomic E-state index is 0.616. The zero-order valence-electron chi connectivity index (χ0n) is 19.3. The van der Waals surface area contributed by atoms with Crippen LogP contribution in [0.25, 0.3) is 21.9 Å². The van der Waals surface area contributed by atoms with E-state index in [4.69, 9.17) is 5.26 Å². The smallest absolute Gasteiger partial charge is 0.115 e. The molecule has 3 aromatic heterocycles. The molecule has 0 aliphatic heterocycles. The number of aryl methyl sites for hydroxylation is 1. The Morgan fingerprint density at radius 1 is 1.00 bits per heavy atom. The Bertz CT molecular complexity index is 1120. The molecule has 6 heteroatoms. The summed E-state index contributed by atoms with van der Waals surface area (Å²) < 4.78 is 2.04. The minimum Gasteiger partial charge on any atom is -0.330 e. The highest BCUT2D eigenvalue weighted by molar-refractivity contribution is 6.02. The van der Waals surface area contributed by atoms with Crippen LogP contribution in [0.15, 0.2) is 43.0 Å². The van der Waals surface area contributed by atoms with E-state index in [0.717, 1.165) is 33.5 Å². The summed E-state index contributed by atoms with van der Waals surface area (Å²) in [4.78, 5) is 17.3. The number of aromatic nitrogens is 5. The van der Waals surface area contributed by atoms with Crippen molar-refractivity contribution in [1.82, 2.24) is 24.5 Å². The lowest BCUT2D eigenvalue weighted by Crippen LogP contribution is -2.01. The summed E-state index contributed by atoms with van der Waals surface area (Å²) in [7, 11) is 1.98. The number of hydrogen-bond donors (Lipinski definition) is 0. The first-order chi connectivity index (χ1) is 15.2. The molecule has 0 amide bonds. The topological polar surface area (TPSA) is 80.3 Å². The van der Waals surface area contributed by atoms with Gasteiger partial charge in [-0.3, -0.25) is 4.98 Å². The zero-order chi connectivity index (χ0) is 22.6. The van der Waals surface area contributed by atoms with E-state index in [2.05, 4.69) is 39.9 Å². The highest BCUT2D eigenvalue weighted by Gasteiger charge is 2.13. The van der Waals surface area contributed by atoms with E-state index in [1.54, 1.807) is 18.5 Å². The maximum atomic E-state index is 9.13. The van der Waals surface area contributed by atoms with Crippen molar-refractivity contribution in [2.75, 3.05) is 0 Å². The average molecular weight is 417 g/mol. The van der Waals surface area contributed by atoms with Gasteiger partial charge < -0.3 is 4.57 Å². The molecule has 0 aliphatic carbocycles. The van der Waals surface area contributed by atoms with Gasteiger partial charge in [0.05, 0.1) is 34.6 Å². The van der Waals surface area contributed by atoms with E-state index in [-0.39, 0.29) is 0 Å². The normalized spacial score (nSPS) is 10.1. The molecule has 162 valence electrons. The predicted molar refractivity (Wildman–Crippen MR) is 127 cm³/mol. The van der Waals surface area contributed by atoms with Gasteiger partial charge in [-0.25, -0.2) is 15.0 Å². The van der Waals surface area contributed by atoms with Crippen LogP contribution in [0.1, 0.15) is 70.5 Å². The maximum Gasteiger partial charge on any atom is 0.115 e. The molecular formula is C25H32N6. The third-order valence-electron chi connectivity index (χ3n) is 4.86. The van der Waals surface area contributed by atoms with E-state index in [1.165, 1.54) is 32.0 Å². The summed E-state index contributed by atoms with van der Waals surface area (Å²) in [5.74, 6) is 0.898. The lowest BCUT2D eigenvalue weighted by molar-refractivity contribution is 0.702. The van der Waals surface area contributed by atoms with Crippen molar-refractivity contribution in [3.8, 4) is 6.07 Å². The molecule has 0 radical (unpaired) electrons. The van der Waals surface area contributed by atoms with Gasteiger partial charge in [-0.05, 0) is 24.3 Å². The van der Waals surface area contributed by atoms with Gasteiger partial charge in [0.2, 0.25) is 0 Å². The first-order valence-corrected chi connectivity index (χ1v) is 11.1. The molecule has 4 aromatic rings. The van der Waals surface area contributed by atoms with Crippen molar-refractivity contribution in [3.63, 3.8) is 0 Å². The third-order valence-corrected chi connectivity index (χ3v) is 4.86. The van der Waals surface area contributed by atoms with Crippen LogP contribution >= 0.6 is 0 Å². The Balaban J connectivity index is 0.000000372. The number of benzene rings is 1. The highest BCUT2D eigenvalue weighted by atomic mass is 15.1. The van der Waals surface area contributed by atoms with E-state index in [0.29, 0.717) is 12.0 Å². The fourth-order valence-corrected chi connectivity index (χ4v) is 3.26. The standard InChI is InChI=1S/C17H12N6.C6H14.C2H6/c1-23-16(7-12-4-5-19-10-21-12)22-15-9-20-14-3-2-11(8-18)6-13(14)17(15)23;1-3-5-6-4-2;1-2/h2-6,9-10H,7H2,1H3;3-6H2,1-2H3;1-2H3. The largest absolute Gasteiger partial charge is 0.330 e. The van der Waals surface area contributed by atoms with Crippen LogP contribution in [-0.2, 0) is 13.5 Å². The van der Waals surface area contributed by atoms with Gasteiger partial charge in [0.1, 0.15) is 17.7 Å². The maximum absolute atomic E-state index is 9.13. The van der Waals surface area contributed by atoms with Crippen molar-refractivity contribution < 1.29 is 0 Å². The van der Waals surface area contributed by atoms with Crippen LogP contribution in [0.5, 0.6) is 0 Å². The number of imidazole rings is 1. The molecule has 0 N–H and O–H groups in total. The van der Waals surface area contributed by atoms with Crippen LogP contribution in [0.2, 0.25) is 0 Å². The number of rotatable bonds is 5. The molecule has 6 nitrogen and oxygen atoms in total. The van der Waals surface area contributed by atoms with Crippen LogP contribution in [0.4, 0.5) is 0 Å². The van der Waals surface area contributed by atoms with Gasteiger partial charge >= 0.3 is 0 Å². The predicted octanol–water partition coefficient (Wildman–Crippen LogP) is 5.99. The molecule has 1 aromatic carbocycles. The van der Waals surface area contributed by atoms with Crippen LogP contribution in [0, 0.1) is 11.3 Å². The van der Waals surface area contributed by atoms with E-state index in [1.807, 2.05) is 43.7 Å². The quantitative estimate of drug-likeness (QED) is 0.373. The van der Waals surface area contributed by atoms with Crippen LogP contribution in [0.3, 0.4) is 0 Å². The second-order valence-corrected chi connectivity index (χ2v) is 7.01. The molecule has 0 aliphatic rings. The van der Waals surface area contributed by atoms with Crippen molar-refractivity contribution in [2.45, 2.75) is 59.8 Å². The number of fused-ring (bicyclic) bond motifs is 3. The second-order valence-electron chi connectivity index (χ2n) is 7.01. The van der Waals surface area contributed by atoms with Crippen molar-refractivity contribution in [2.24, 2.45) is 7.05 Å². The molecule has 0 bridgehead atoms. The Kier molecular flexibility index (Phi) is 9.57. The van der Waals surface area contributed by atoms with Gasteiger partial charge in [-0.15, -0.1) is 0 Å². The molecule has 0 unspecified atom stereocenters. The molecule has 3 heterocycles. The Morgan fingerprint density at radius 2 is 1.74 bits per heavy atom. The van der Waals surface area contributed by atoms with Gasteiger partial charge in [-0.2, -0.15) is 5.26 Å². The fourth-order valence-electron chi connectivity index (χ4n) is 3.26. The molecule has 0 saturated heterocycles. The number of nitriles is 1. The van der Waals surface area contributed by atoms with Crippen LogP contribution < -0.4 is 0 Å². The highest BCUT2D eigenvalue weighted by Crippen LogP contribution is 2.25. The molecular weight excluding hydrogens is 384 g/mol. The Morgan fingerprint density at radius 3 is 2.35 bits per heavy atom. The monoisotopic (exact) mass is 416 g/mol. The van der Waals surface area contributed by atoms with Gasteiger partial charge in [-0.1, -0.05) is 53.4 Å². The second kappa shape index (κ2) is 12.4. The summed E-state index contributed by atoms with van der Waals surface area (Å²) in [6.45, 7) is 8.46. The minimum absolute atomic E-state index is 0.616. The van der Waals surface area contributed by atoms with Crippen molar-refractivity contribution in [3.05, 3.63) is 60.1 Å². The zero-order valence-corrected chi connectivity index (χ0v) is 19.3. The van der Waals surface area contributed by atoms with E-state index >= 15 is 0 Å². The summed E-state index contributed by atoms with van der Waals surface area (Å²) >= 11 is 0. The molecule has 31 heavy (non-hydrogen) atoms. The van der Waals surface area contributed by atoms with Crippen LogP contribution in [-0.4, -0.2) is 24.5 Å². The molecule has 4 rings (SSSR count). The van der Waals surface area contributed by atoms with Gasteiger partial charge in [0, 0.05) is 25.1 Å².